The Labute approximate surface area is 204 Å². The molecule has 3 aromatic heterocycles. The molecule has 0 spiro atoms. The second-order valence-electron chi connectivity index (χ2n) is 8.33. The molecule has 0 aliphatic heterocycles. The Balaban J connectivity index is 1.48. The molecule has 1 N–H and O–H groups in total. The average Bonchev–Trinajstić information content (AvgIpc) is 3.50. The zero-order chi connectivity index (χ0) is 24.6. The number of rotatable bonds is 5. The van der Waals surface area contributed by atoms with Crippen molar-refractivity contribution >= 4 is 22.5 Å². The molecule has 0 unspecified atom stereocenters. The van der Waals surface area contributed by atoms with E-state index in [0.717, 1.165) is 33.9 Å². The maximum atomic E-state index is 14.7. The molecule has 7 nitrogen and oxygen atoms in total. The van der Waals surface area contributed by atoms with E-state index in [-0.39, 0.29) is 5.56 Å². The lowest BCUT2D eigenvalue weighted by Gasteiger charge is -2.13. The summed E-state index contributed by atoms with van der Waals surface area (Å²) in [6.07, 6.45) is 10.2. The van der Waals surface area contributed by atoms with Gasteiger partial charge in [0.25, 0.3) is 0 Å². The molecule has 176 valence electrons. The highest BCUT2D eigenvalue weighted by Crippen LogP contribution is 2.32. The van der Waals surface area contributed by atoms with E-state index in [1.807, 2.05) is 54.3 Å². The van der Waals surface area contributed by atoms with Crippen LogP contribution in [0.3, 0.4) is 0 Å². The van der Waals surface area contributed by atoms with Crippen molar-refractivity contribution in [3.05, 3.63) is 104 Å². The van der Waals surface area contributed by atoms with Gasteiger partial charge < -0.3 is 5.32 Å². The second-order valence-corrected chi connectivity index (χ2v) is 8.33. The Morgan fingerprint density at radius 1 is 0.833 bits per heavy atom. The van der Waals surface area contributed by atoms with Crippen LogP contribution in [0.15, 0.2) is 91.9 Å². The number of hydrogen-bond donors (Lipinski definition) is 1. The molecule has 0 saturated heterocycles. The van der Waals surface area contributed by atoms with Gasteiger partial charge in [0.2, 0.25) is 0 Å². The molecular formula is C27H19F2N7. The summed E-state index contributed by atoms with van der Waals surface area (Å²) in [5.74, 6) is -0.735. The fourth-order valence-corrected chi connectivity index (χ4v) is 4.18. The monoisotopic (exact) mass is 479 g/mol. The fourth-order valence-electron chi connectivity index (χ4n) is 4.18. The van der Waals surface area contributed by atoms with Gasteiger partial charge in [0.05, 0.1) is 23.4 Å². The SMILES string of the molecule is Cn1cc(-c2ccc3c(c2)ncn3-c2cc(Nc3cnccn3)cc(-c3ccc(F)cc3F)c2)cn1. The highest BCUT2D eigenvalue weighted by atomic mass is 19.1. The van der Waals surface area contributed by atoms with Crippen LogP contribution < -0.4 is 5.32 Å². The minimum absolute atomic E-state index is 0.281. The Morgan fingerprint density at radius 2 is 1.75 bits per heavy atom. The topological polar surface area (TPSA) is 73.5 Å². The first kappa shape index (κ1) is 21.6. The van der Waals surface area contributed by atoms with Crippen LogP contribution in [-0.4, -0.2) is 29.3 Å². The van der Waals surface area contributed by atoms with E-state index in [4.69, 9.17) is 0 Å². The van der Waals surface area contributed by atoms with Crippen LogP contribution in [0.5, 0.6) is 0 Å². The van der Waals surface area contributed by atoms with Gasteiger partial charge in [0.1, 0.15) is 23.8 Å². The quantitative estimate of drug-likeness (QED) is 0.333. The van der Waals surface area contributed by atoms with Crippen LogP contribution >= 0.6 is 0 Å². The maximum absolute atomic E-state index is 14.7. The van der Waals surface area contributed by atoms with Crippen LogP contribution in [-0.2, 0) is 7.05 Å². The van der Waals surface area contributed by atoms with E-state index in [0.29, 0.717) is 17.1 Å². The molecule has 3 heterocycles. The first-order valence-corrected chi connectivity index (χ1v) is 11.1. The van der Waals surface area contributed by atoms with E-state index in [9.17, 15) is 8.78 Å². The largest absolute Gasteiger partial charge is 0.339 e. The van der Waals surface area contributed by atoms with Crippen LogP contribution in [0.4, 0.5) is 20.3 Å². The summed E-state index contributed by atoms with van der Waals surface area (Å²) < 4.78 is 32.0. The minimum Gasteiger partial charge on any atom is -0.339 e. The summed E-state index contributed by atoms with van der Waals surface area (Å²) >= 11 is 0. The highest BCUT2D eigenvalue weighted by Gasteiger charge is 2.13. The maximum Gasteiger partial charge on any atom is 0.148 e. The van der Waals surface area contributed by atoms with Crippen molar-refractivity contribution in [3.8, 4) is 27.9 Å². The van der Waals surface area contributed by atoms with Crippen LogP contribution in [0, 0.1) is 11.6 Å². The predicted molar refractivity (Wildman–Crippen MR) is 134 cm³/mol. The molecule has 3 aromatic carbocycles. The predicted octanol–water partition coefficient (Wildman–Crippen LogP) is 5.90. The molecule has 9 heteroatoms. The molecule has 0 aliphatic rings. The summed E-state index contributed by atoms with van der Waals surface area (Å²) in [6.45, 7) is 0. The van der Waals surface area contributed by atoms with E-state index < -0.39 is 11.6 Å². The zero-order valence-corrected chi connectivity index (χ0v) is 19.1. The Hall–Kier alpha value is -4.92. The molecular weight excluding hydrogens is 460 g/mol. The van der Waals surface area contributed by atoms with Gasteiger partial charge in [0, 0.05) is 54.2 Å². The van der Waals surface area contributed by atoms with Gasteiger partial charge in [-0.05, 0) is 53.6 Å². The molecule has 0 saturated carbocycles. The molecule has 0 fully saturated rings. The van der Waals surface area contributed by atoms with E-state index >= 15 is 0 Å². The highest BCUT2D eigenvalue weighted by molar-refractivity contribution is 5.84. The Morgan fingerprint density at radius 3 is 2.53 bits per heavy atom. The van der Waals surface area contributed by atoms with Gasteiger partial charge in [-0.25, -0.2) is 18.7 Å². The van der Waals surface area contributed by atoms with Crippen molar-refractivity contribution in [2.75, 3.05) is 5.32 Å². The number of nitrogens with zero attached hydrogens (tertiary/aromatic N) is 6. The van der Waals surface area contributed by atoms with Crippen molar-refractivity contribution in [2.24, 2.45) is 7.05 Å². The molecule has 6 rings (SSSR count). The summed E-state index contributed by atoms with van der Waals surface area (Å²) in [6, 6.07) is 15.1. The smallest absolute Gasteiger partial charge is 0.148 e. The standard InChI is InChI=1S/C27H19F2N7/c1-35-15-19(13-33-35)17-2-5-26-25(10-17)32-16-36(26)22-9-18(23-4-3-20(28)11-24(23)29)8-21(12-22)34-27-14-30-6-7-31-27/h2-16H,1H3,(H,31,34). The number of aryl methyl sites for hydroxylation is 1. The number of hydrogen-bond acceptors (Lipinski definition) is 5. The molecule has 0 bridgehead atoms. The fraction of sp³-hybridized carbons (Fsp3) is 0.0370. The van der Waals surface area contributed by atoms with Gasteiger partial charge in [-0.1, -0.05) is 6.07 Å². The third kappa shape index (κ3) is 4.07. The summed E-state index contributed by atoms with van der Waals surface area (Å²) in [5.41, 5.74) is 5.96. The lowest BCUT2D eigenvalue weighted by Crippen LogP contribution is -1.99. The van der Waals surface area contributed by atoms with Gasteiger partial charge >= 0.3 is 0 Å². The number of aromatic nitrogens is 6. The summed E-state index contributed by atoms with van der Waals surface area (Å²) in [7, 11) is 1.88. The third-order valence-electron chi connectivity index (χ3n) is 5.86. The number of anilines is 2. The lowest BCUT2D eigenvalue weighted by atomic mass is 10.0. The summed E-state index contributed by atoms with van der Waals surface area (Å²) in [5, 5.41) is 7.46. The van der Waals surface area contributed by atoms with Crippen LogP contribution in [0.1, 0.15) is 0 Å². The zero-order valence-electron chi connectivity index (χ0n) is 19.1. The normalized spacial score (nSPS) is 11.2. The molecule has 36 heavy (non-hydrogen) atoms. The van der Waals surface area contributed by atoms with E-state index in [1.54, 1.807) is 35.7 Å². The summed E-state index contributed by atoms with van der Waals surface area (Å²) in [4.78, 5) is 13.0. The average molecular weight is 479 g/mol. The number of imidazole rings is 1. The lowest BCUT2D eigenvalue weighted by molar-refractivity contribution is 0.585. The second kappa shape index (κ2) is 8.70. The first-order chi connectivity index (χ1) is 17.5. The molecule has 0 amide bonds. The van der Waals surface area contributed by atoms with Crippen LogP contribution in [0.25, 0.3) is 39.0 Å². The molecule has 0 radical (unpaired) electrons. The number of halogens is 2. The van der Waals surface area contributed by atoms with Gasteiger partial charge in [-0.15, -0.1) is 0 Å². The van der Waals surface area contributed by atoms with E-state index in [2.05, 4.69) is 25.4 Å². The Kier molecular flexibility index (Phi) is 5.22. The van der Waals surface area contributed by atoms with Gasteiger partial charge in [-0.2, -0.15) is 5.10 Å². The third-order valence-corrected chi connectivity index (χ3v) is 5.86. The minimum atomic E-state index is -0.644. The molecule has 6 aromatic rings. The van der Waals surface area contributed by atoms with Crippen molar-refractivity contribution in [1.82, 2.24) is 29.3 Å². The number of fused-ring (bicyclic) bond motifs is 1. The Bertz CT molecular complexity index is 1710. The van der Waals surface area contributed by atoms with E-state index in [1.165, 1.54) is 12.1 Å². The van der Waals surface area contributed by atoms with Crippen molar-refractivity contribution in [1.29, 1.82) is 0 Å². The number of nitrogens with one attached hydrogen (secondary N) is 1. The van der Waals surface area contributed by atoms with Gasteiger partial charge in [-0.3, -0.25) is 14.2 Å². The number of benzene rings is 3. The van der Waals surface area contributed by atoms with Crippen molar-refractivity contribution in [3.63, 3.8) is 0 Å². The first-order valence-electron chi connectivity index (χ1n) is 11.1. The molecule has 0 aliphatic carbocycles. The van der Waals surface area contributed by atoms with Crippen molar-refractivity contribution < 1.29 is 8.78 Å². The molecule has 0 atom stereocenters. The van der Waals surface area contributed by atoms with Crippen LogP contribution in [0.2, 0.25) is 0 Å². The van der Waals surface area contributed by atoms with Gasteiger partial charge in [0.15, 0.2) is 0 Å². The van der Waals surface area contributed by atoms with Crippen molar-refractivity contribution in [2.45, 2.75) is 0 Å².